The van der Waals surface area contributed by atoms with Crippen LogP contribution >= 0.6 is 0 Å². The average molecular weight is 272 g/mol. The minimum Gasteiger partial charge on any atom is -0.392 e. The minimum absolute atomic E-state index is 0.00430. The molecule has 1 aromatic heterocycles. The first-order valence-corrected chi connectivity index (χ1v) is 7.21. The van der Waals surface area contributed by atoms with Gasteiger partial charge in [0.25, 0.3) is 0 Å². The number of hydrogen-bond acceptors (Lipinski definition) is 2. The van der Waals surface area contributed by atoms with Crippen LogP contribution in [0.15, 0.2) is 30.5 Å². The van der Waals surface area contributed by atoms with Crippen molar-refractivity contribution in [1.82, 2.24) is 9.47 Å². The molecule has 1 aliphatic carbocycles. The number of amides is 1. The second kappa shape index (κ2) is 5.29. The van der Waals surface area contributed by atoms with Gasteiger partial charge in [0, 0.05) is 24.3 Å². The third kappa shape index (κ3) is 2.31. The molecule has 0 radical (unpaired) electrons. The summed E-state index contributed by atoms with van der Waals surface area (Å²) in [6, 6.07) is 8.29. The number of hydrogen-bond donors (Lipinski definition) is 1. The van der Waals surface area contributed by atoms with Crippen LogP contribution < -0.4 is 0 Å². The highest BCUT2D eigenvalue weighted by Gasteiger charge is 2.31. The summed E-state index contributed by atoms with van der Waals surface area (Å²) in [4.78, 5) is 14.4. The van der Waals surface area contributed by atoms with Gasteiger partial charge in [-0.05, 0) is 31.2 Å². The Morgan fingerprint density at radius 2 is 2.20 bits per heavy atom. The zero-order chi connectivity index (χ0) is 14.1. The minimum atomic E-state index is -0.00430. The van der Waals surface area contributed by atoms with Crippen molar-refractivity contribution in [1.29, 1.82) is 0 Å². The zero-order valence-corrected chi connectivity index (χ0v) is 11.7. The van der Waals surface area contributed by atoms with E-state index in [0.29, 0.717) is 12.6 Å². The molecule has 1 N–H and O–H groups in total. The van der Waals surface area contributed by atoms with Crippen molar-refractivity contribution in [2.75, 3.05) is 6.54 Å². The number of aliphatic hydroxyl groups is 1. The van der Waals surface area contributed by atoms with E-state index < -0.39 is 0 Å². The van der Waals surface area contributed by atoms with E-state index in [1.807, 2.05) is 46.9 Å². The van der Waals surface area contributed by atoms with Gasteiger partial charge in [0.2, 0.25) is 5.91 Å². The van der Waals surface area contributed by atoms with Crippen LogP contribution in [-0.4, -0.2) is 33.1 Å². The molecular weight excluding hydrogens is 252 g/mol. The van der Waals surface area contributed by atoms with Crippen LogP contribution in [0.25, 0.3) is 10.9 Å². The first-order chi connectivity index (χ1) is 9.74. The molecule has 1 aliphatic rings. The van der Waals surface area contributed by atoms with Gasteiger partial charge in [0.1, 0.15) is 6.54 Å². The lowest BCUT2D eigenvalue weighted by Gasteiger charge is -2.21. The van der Waals surface area contributed by atoms with Gasteiger partial charge in [-0.25, -0.2) is 0 Å². The standard InChI is InChI=1S/C16H20N2O2/c1-2-18(14-6-7-14)15(20)10-17-9-8-12-4-3-5-13(11-19)16(12)17/h3-5,8-9,14,19H,2,6-7,10-11H2,1H3. The lowest BCUT2D eigenvalue weighted by Crippen LogP contribution is -2.35. The maximum absolute atomic E-state index is 12.4. The summed E-state index contributed by atoms with van der Waals surface area (Å²) in [6.07, 6.45) is 4.20. The topological polar surface area (TPSA) is 45.5 Å². The monoisotopic (exact) mass is 272 g/mol. The molecule has 1 aromatic carbocycles. The van der Waals surface area contributed by atoms with Crippen molar-refractivity contribution in [2.45, 2.75) is 39.0 Å². The van der Waals surface area contributed by atoms with Gasteiger partial charge in [-0.3, -0.25) is 4.79 Å². The summed E-state index contributed by atoms with van der Waals surface area (Å²) in [5, 5.41) is 10.5. The lowest BCUT2D eigenvalue weighted by atomic mass is 10.1. The molecule has 0 unspecified atom stereocenters. The first kappa shape index (κ1) is 13.2. The normalized spacial score (nSPS) is 14.7. The number of carbonyl (C=O) groups excluding carboxylic acids is 1. The maximum atomic E-state index is 12.4. The Kier molecular flexibility index (Phi) is 3.49. The van der Waals surface area contributed by atoms with E-state index in [-0.39, 0.29) is 12.5 Å². The first-order valence-electron chi connectivity index (χ1n) is 7.21. The number of aliphatic hydroxyl groups excluding tert-OH is 1. The number of para-hydroxylation sites is 1. The van der Waals surface area contributed by atoms with Gasteiger partial charge < -0.3 is 14.6 Å². The molecule has 4 nitrogen and oxygen atoms in total. The number of carbonyl (C=O) groups is 1. The fraction of sp³-hybridized carbons (Fsp3) is 0.438. The van der Waals surface area contributed by atoms with Crippen LogP contribution in [0.5, 0.6) is 0 Å². The largest absolute Gasteiger partial charge is 0.392 e. The van der Waals surface area contributed by atoms with Gasteiger partial charge in [0.15, 0.2) is 0 Å². The van der Waals surface area contributed by atoms with E-state index in [2.05, 4.69) is 0 Å². The van der Waals surface area contributed by atoms with Crippen molar-refractivity contribution in [2.24, 2.45) is 0 Å². The molecule has 106 valence electrons. The Balaban J connectivity index is 1.88. The van der Waals surface area contributed by atoms with Gasteiger partial charge in [-0.1, -0.05) is 18.2 Å². The Morgan fingerprint density at radius 1 is 1.40 bits per heavy atom. The number of rotatable bonds is 5. The van der Waals surface area contributed by atoms with E-state index in [0.717, 1.165) is 35.9 Å². The third-order valence-corrected chi connectivity index (χ3v) is 4.00. The maximum Gasteiger partial charge on any atom is 0.242 e. The number of aromatic nitrogens is 1. The lowest BCUT2D eigenvalue weighted by molar-refractivity contribution is -0.132. The molecule has 0 saturated heterocycles. The second-order valence-electron chi connectivity index (χ2n) is 5.37. The van der Waals surface area contributed by atoms with Gasteiger partial charge in [0.05, 0.1) is 12.1 Å². The van der Waals surface area contributed by atoms with Gasteiger partial charge >= 0.3 is 0 Å². The summed E-state index contributed by atoms with van der Waals surface area (Å²) in [6.45, 7) is 3.15. The number of nitrogens with zero attached hydrogens (tertiary/aromatic N) is 2. The number of fused-ring (bicyclic) bond motifs is 1. The van der Waals surface area contributed by atoms with Gasteiger partial charge in [-0.15, -0.1) is 0 Å². The summed E-state index contributed by atoms with van der Waals surface area (Å²) in [7, 11) is 0. The van der Waals surface area contributed by atoms with Crippen molar-refractivity contribution in [3.63, 3.8) is 0 Å². The van der Waals surface area contributed by atoms with E-state index in [4.69, 9.17) is 0 Å². The molecule has 4 heteroatoms. The van der Waals surface area contributed by atoms with Crippen molar-refractivity contribution >= 4 is 16.8 Å². The van der Waals surface area contributed by atoms with E-state index >= 15 is 0 Å². The van der Waals surface area contributed by atoms with Crippen LogP contribution in [0.3, 0.4) is 0 Å². The number of likely N-dealkylation sites (N-methyl/N-ethyl adjacent to an activating group) is 1. The molecule has 2 aromatic rings. The SMILES string of the molecule is CCN(C(=O)Cn1ccc2cccc(CO)c21)C1CC1. The van der Waals surface area contributed by atoms with Gasteiger partial charge in [-0.2, -0.15) is 0 Å². The van der Waals surface area contributed by atoms with Crippen molar-refractivity contribution in [3.05, 3.63) is 36.0 Å². The van der Waals surface area contributed by atoms with Crippen LogP contribution in [0.1, 0.15) is 25.3 Å². The zero-order valence-electron chi connectivity index (χ0n) is 11.7. The average Bonchev–Trinajstić information content (AvgIpc) is 3.21. The molecule has 0 spiro atoms. The summed E-state index contributed by atoms with van der Waals surface area (Å²) in [5.41, 5.74) is 1.84. The van der Waals surface area contributed by atoms with E-state index in [1.165, 1.54) is 0 Å². The highest BCUT2D eigenvalue weighted by molar-refractivity contribution is 5.85. The second-order valence-corrected chi connectivity index (χ2v) is 5.37. The molecule has 1 fully saturated rings. The van der Waals surface area contributed by atoms with Crippen molar-refractivity contribution < 1.29 is 9.90 Å². The molecule has 0 aliphatic heterocycles. The highest BCUT2D eigenvalue weighted by atomic mass is 16.3. The quantitative estimate of drug-likeness (QED) is 0.906. The summed E-state index contributed by atoms with van der Waals surface area (Å²) >= 11 is 0. The predicted molar refractivity (Wildman–Crippen MR) is 78.3 cm³/mol. The molecule has 1 saturated carbocycles. The molecule has 0 bridgehead atoms. The van der Waals surface area contributed by atoms with Crippen LogP contribution in [-0.2, 0) is 17.9 Å². The summed E-state index contributed by atoms with van der Waals surface area (Å²) < 4.78 is 1.95. The Hall–Kier alpha value is -1.81. The Bertz CT molecular complexity index is 628. The van der Waals surface area contributed by atoms with Crippen LogP contribution in [0.2, 0.25) is 0 Å². The smallest absolute Gasteiger partial charge is 0.242 e. The van der Waals surface area contributed by atoms with Crippen LogP contribution in [0, 0.1) is 0 Å². The summed E-state index contributed by atoms with van der Waals surface area (Å²) in [5.74, 6) is 0.167. The Labute approximate surface area is 118 Å². The van der Waals surface area contributed by atoms with Crippen LogP contribution in [0.4, 0.5) is 0 Å². The van der Waals surface area contributed by atoms with E-state index in [1.54, 1.807) is 0 Å². The third-order valence-electron chi connectivity index (χ3n) is 4.00. The molecule has 1 heterocycles. The fourth-order valence-electron chi connectivity index (χ4n) is 2.86. The molecule has 1 amide bonds. The highest BCUT2D eigenvalue weighted by Crippen LogP contribution is 2.27. The Morgan fingerprint density at radius 3 is 2.85 bits per heavy atom. The molecule has 20 heavy (non-hydrogen) atoms. The molecule has 0 atom stereocenters. The van der Waals surface area contributed by atoms with Crippen molar-refractivity contribution in [3.8, 4) is 0 Å². The molecule has 3 rings (SSSR count). The predicted octanol–water partition coefficient (Wildman–Crippen LogP) is 2.14. The number of benzene rings is 1. The van der Waals surface area contributed by atoms with E-state index in [9.17, 15) is 9.90 Å². The fourth-order valence-corrected chi connectivity index (χ4v) is 2.86. The molecular formula is C16H20N2O2.